The minimum absolute atomic E-state index is 0.00985. The summed E-state index contributed by atoms with van der Waals surface area (Å²) in [6, 6.07) is 1.58. The van der Waals surface area contributed by atoms with Crippen LogP contribution >= 0.6 is 11.6 Å². The fourth-order valence-electron chi connectivity index (χ4n) is 1.12. The number of rotatable bonds is 1. The van der Waals surface area contributed by atoms with Crippen molar-refractivity contribution < 1.29 is 9.90 Å². The van der Waals surface area contributed by atoms with E-state index in [1.165, 1.54) is 0 Å². The number of aryl methyl sites for hydroxylation is 1. The van der Waals surface area contributed by atoms with E-state index in [2.05, 4.69) is 0 Å². The summed E-state index contributed by atoms with van der Waals surface area (Å²) in [5, 5.41) is 9.64. The number of hydrogen-bond acceptors (Lipinski definition) is 2. The third-order valence-corrected chi connectivity index (χ3v) is 2.16. The van der Waals surface area contributed by atoms with Crippen LogP contribution < -0.4 is 0 Å². The monoisotopic (exact) mass is 214 g/mol. The number of halogens is 1. The number of phenolic OH excluding ortho intramolecular Hbond substituents is 1. The minimum atomic E-state index is -0.00985. The molecule has 0 bridgehead atoms. The maximum atomic E-state index is 10.6. The standard InChI is InChI=1S/C9H9ClO2.C2H6/c1-5-3-8(10)9(12)6(2)7(5)4-11;1-2/h3-4,12H,1-2H3;1-2H3. The maximum absolute atomic E-state index is 10.6. The summed E-state index contributed by atoms with van der Waals surface area (Å²) >= 11 is 5.68. The summed E-state index contributed by atoms with van der Waals surface area (Å²) in [5.41, 5.74) is 1.83. The van der Waals surface area contributed by atoms with Crippen LogP contribution in [0.1, 0.15) is 35.3 Å². The lowest BCUT2D eigenvalue weighted by Crippen LogP contribution is -1.92. The topological polar surface area (TPSA) is 37.3 Å². The van der Waals surface area contributed by atoms with Gasteiger partial charge in [-0.05, 0) is 25.5 Å². The lowest BCUT2D eigenvalue weighted by molar-refractivity contribution is 0.112. The number of aromatic hydroxyl groups is 1. The van der Waals surface area contributed by atoms with Crippen molar-refractivity contribution in [2.45, 2.75) is 27.7 Å². The van der Waals surface area contributed by atoms with E-state index in [4.69, 9.17) is 11.6 Å². The SMILES string of the molecule is CC.Cc1cc(Cl)c(O)c(C)c1C=O. The average Bonchev–Trinajstić information content (AvgIpc) is 2.18. The molecule has 0 amide bonds. The Morgan fingerprint density at radius 2 is 1.86 bits per heavy atom. The Kier molecular flexibility index (Phi) is 5.24. The second-order valence-electron chi connectivity index (χ2n) is 2.68. The fraction of sp³-hybridized carbons (Fsp3) is 0.364. The molecule has 1 aromatic carbocycles. The van der Waals surface area contributed by atoms with Gasteiger partial charge in [0.15, 0.2) is 6.29 Å². The molecule has 0 aromatic heterocycles. The minimum Gasteiger partial charge on any atom is -0.506 e. The van der Waals surface area contributed by atoms with Crippen molar-refractivity contribution >= 4 is 17.9 Å². The van der Waals surface area contributed by atoms with Gasteiger partial charge < -0.3 is 5.11 Å². The number of carbonyl (C=O) groups is 1. The predicted octanol–water partition coefficient (Wildman–Crippen LogP) is 3.50. The van der Waals surface area contributed by atoms with Crippen LogP contribution in [0.2, 0.25) is 5.02 Å². The molecule has 0 saturated heterocycles. The van der Waals surface area contributed by atoms with Crippen LogP contribution in [0, 0.1) is 13.8 Å². The fourth-order valence-corrected chi connectivity index (χ4v) is 1.43. The van der Waals surface area contributed by atoms with E-state index in [0.717, 1.165) is 11.8 Å². The average molecular weight is 215 g/mol. The molecule has 0 aliphatic heterocycles. The van der Waals surface area contributed by atoms with Crippen molar-refractivity contribution in [3.8, 4) is 5.75 Å². The van der Waals surface area contributed by atoms with Gasteiger partial charge in [0.2, 0.25) is 0 Å². The van der Waals surface area contributed by atoms with Crippen LogP contribution in [-0.2, 0) is 0 Å². The Morgan fingerprint density at radius 3 is 2.29 bits per heavy atom. The summed E-state index contributed by atoms with van der Waals surface area (Å²) in [5.74, 6) is -0.00985. The first kappa shape index (κ1) is 13.0. The van der Waals surface area contributed by atoms with Gasteiger partial charge >= 0.3 is 0 Å². The van der Waals surface area contributed by atoms with Crippen LogP contribution in [0.15, 0.2) is 6.07 Å². The molecule has 3 heteroatoms. The van der Waals surface area contributed by atoms with E-state index in [9.17, 15) is 9.90 Å². The Labute approximate surface area is 89.5 Å². The highest BCUT2D eigenvalue weighted by Gasteiger charge is 2.09. The first-order valence-electron chi connectivity index (χ1n) is 4.51. The van der Waals surface area contributed by atoms with E-state index in [1.54, 1.807) is 19.9 Å². The molecule has 78 valence electrons. The summed E-state index contributed by atoms with van der Waals surface area (Å²) in [6.07, 6.45) is 0.723. The van der Waals surface area contributed by atoms with Gasteiger partial charge in [0.1, 0.15) is 5.75 Å². The molecule has 1 N–H and O–H groups in total. The number of phenols is 1. The molecule has 1 rings (SSSR count). The zero-order chi connectivity index (χ0) is 11.3. The first-order valence-corrected chi connectivity index (χ1v) is 4.89. The zero-order valence-corrected chi connectivity index (χ0v) is 9.64. The number of aldehydes is 1. The van der Waals surface area contributed by atoms with Crippen molar-refractivity contribution in [1.29, 1.82) is 0 Å². The molecule has 14 heavy (non-hydrogen) atoms. The van der Waals surface area contributed by atoms with Crippen LogP contribution in [0.25, 0.3) is 0 Å². The smallest absolute Gasteiger partial charge is 0.150 e. The highest BCUT2D eigenvalue weighted by Crippen LogP contribution is 2.30. The number of hydrogen-bond donors (Lipinski definition) is 1. The molecule has 0 aliphatic rings. The molecule has 0 radical (unpaired) electrons. The summed E-state index contributed by atoms with van der Waals surface area (Å²) < 4.78 is 0. The normalized spacial score (nSPS) is 8.93. The third kappa shape index (κ3) is 2.48. The van der Waals surface area contributed by atoms with E-state index in [1.807, 2.05) is 13.8 Å². The molecule has 0 unspecified atom stereocenters. The van der Waals surface area contributed by atoms with Crippen LogP contribution in [0.3, 0.4) is 0 Å². The maximum Gasteiger partial charge on any atom is 0.150 e. The third-order valence-electron chi connectivity index (χ3n) is 1.87. The highest BCUT2D eigenvalue weighted by molar-refractivity contribution is 6.32. The second kappa shape index (κ2) is 5.66. The zero-order valence-electron chi connectivity index (χ0n) is 8.89. The van der Waals surface area contributed by atoms with E-state index < -0.39 is 0 Å². The molecule has 0 atom stereocenters. The molecule has 0 spiro atoms. The van der Waals surface area contributed by atoms with Gasteiger partial charge in [0.05, 0.1) is 5.02 Å². The Morgan fingerprint density at radius 1 is 1.36 bits per heavy atom. The van der Waals surface area contributed by atoms with E-state index in [0.29, 0.717) is 11.1 Å². The molecular weight excluding hydrogens is 200 g/mol. The number of benzene rings is 1. The van der Waals surface area contributed by atoms with E-state index in [-0.39, 0.29) is 10.8 Å². The van der Waals surface area contributed by atoms with Gasteiger partial charge in [0.25, 0.3) is 0 Å². The van der Waals surface area contributed by atoms with Crippen molar-refractivity contribution in [2.75, 3.05) is 0 Å². The van der Waals surface area contributed by atoms with Gasteiger partial charge in [-0.25, -0.2) is 0 Å². The molecule has 0 heterocycles. The van der Waals surface area contributed by atoms with Gasteiger partial charge in [-0.2, -0.15) is 0 Å². The molecular formula is C11H15ClO2. The van der Waals surface area contributed by atoms with Gasteiger partial charge in [0, 0.05) is 11.1 Å². The van der Waals surface area contributed by atoms with Gasteiger partial charge in [-0.1, -0.05) is 25.4 Å². The van der Waals surface area contributed by atoms with Gasteiger partial charge in [-0.3, -0.25) is 4.79 Å². The number of carbonyl (C=O) groups excluding carboxylic acids is 1. The van der Waals surface area contributed by atoms with Crippen LogP contribution in [-0.4, -0.2) is 11.4 Å². The quantitative estimate of drug-likeness (QED) is 0.727. The predicted molar refractivity (Wildman–Crippen MR) is 59.3 cm³/mol. The second-order valence-corrected chi connectivity index (χ2v) is 3.09. The van der Waals surface area contributed by atoms with Crippen molar-refractivity contribution in [2.24, 2.45) is 0 Å². The highest BCUT2D eigenvalue weighted by atomic mass is 35.5. The van der Waals surface area contributed by atoms with Crippen molar-refractivity contribution in [3.63, 3.8) is 0 Å². The lowest BCUT2D eigenvalue weighted by atomic mass is 10.0. The first-order chi connectivity index (χ1) is 6.57. The molecule has 0 aliphatic carbocycles. The lowest BCUT2D eigenvalue weighted by Gasteiger charge is -2.06. The van der Waals surface area contributed by atoms with Crippen molar-refractivity contribution in [1.82, 2.24) is 0 Å². The van der Waals surface area contributed by atoms with Crippen molar-refractivity contribution in [3.05, 3.63) is 27.8 Å². The van der Waals surface area contributed by atoms with Crippen LogP contribution in [0.4, 0.5) is 0 Å². The molecule has 0 saturated carbocycles. The Hall–Kier alpha value is -1.02. The Bertz CT molecular complexity index is 333. The van der Waals surface area contributed by atoms with E-state index >= 15 is 0 Å². The molecule has 0 fully saturated rings. The van der Waals surface area contributed by atoms with Crippen LogP contribution in [0.5, 0.6) is 5.75 Å². The largest absolute Gasteiger partial charge is 0.506 e. The Balaban J connectivity index is 0.000000791. The summed E-state index contributed by atoms with van der Waals surface area (Å²) in [6.45, 7) is 7.44. The van der Waals surface area contributed by atoms with Gasteiger partial charge in [-0.15, -0.1) is 0 Å². The summed E-state index contributed by atoms with van der Waals surface area (Å²) in [4.78, 5) is 10.6. The molecule has 1 aromatic rings. The summed E-state index contributed by atoms with van der Waals surface area (Å²) in [7, 11) is 0. The molecule has 2 nitrogen and oxygen atoms in total.